The number of nitrogens with zero attached hydrogens (tertiary/aromatic N) is 1. The minimum Gasteiger partial charge on any atom is -0.478 e. The number of carboxylic acids is 1. The number of aliphatic hydroxyl groups is 1. The number of carboxylic acid groups (broad SMARTS) is 1. The maximum atomic E-state index is 10.6. The minimum atomic E-state index is -0.932. The number of rotatable bonds is 5. The molecule has 0 spiro atoms. The van der Waals surface area contributed by atoms with Crippen molar-refractivity contribution in [3.05, 3.63) is 28.0 Å². The lowest BCUT2D eigenvalue weighted by Crippen LogP contribution is -2.42. The molecular formula is C15H21NO3S. The van der Waals surface area contributed by atoms with Crippen LogP contribution in [0.15, 0.2) is 17.5 Å². The van der Waals surface area contributed by atoms with Crippen LogP contribution in [0.5, 0.6) is 0 Å². The highest BCUT2D eigenvalue weighted by Gasteiger charge is 2.26. The van der Waals surface area contributed by atoms with Crippen LogP contribution in [0.4, 0.5) is 0 Å². The van der Waals surface area contributed by atoms with Crippen molar-refractivity contribution in [2.75, 3.05) is 7.05 Å². The molecule has 1 fully saturated rings. The van der Waals surface area contributed by atoms with Crippen molar-refractivity contribution in [2.45, 2.75) is 44.4 Å². The molecule has 0 aliphatic heterocycles. The Balaban J connectivity index is 2.02. The van der Waals surface area contributed by atoms with Crippen molar-refractivity contribution >= 4 is 23.4 Å². The molecule has 0 radical (unpaired) electrons. The van der Waals surface area contributed by atoms with Crippen molar-refractivity contribution in [3.63, 3.8) is 0 Å². The highest BCUT2D eigenvalue weighted by molar-refractivity contribution is 7.10. The molecule has 1 aromatic rings. The predicted octanol–water partition coefficient (Wildman–Crippen LogP) is 2.58. The molecule has 2 rings (SSSR count). The Hall–Kier alpha value is -1.17. The van der Waals surface area contributed by atoms with E-state index in [2.05, 4.69) is 4.90 Å². The first-order chi connectivity index (χ1) is 9.58. The van der Waals surface area contributed by atoms with Crippen LogP contribution in [-0.4, -0.2) is 40.3 Å². The van der Waals surface area contributed by atoms with E-state index in [0.717, 1.165) is 36.2 Å². The molecule has 0 saturated heterocycles. The Bertz CT molecular complexity index is 483. The Kier molecular flexibility index (Phi) is 5.34. The number of thiophene rings is 1. The van der Waals surface area contributed by atoms with E-state index >= 15 is 0 Å². The van der Waals surface area contributed by atoms with E-state index in [-0.39, 0.29) is 12.1 Å². The lowest BCUT2D eigenvalue weighted by Gasteiger charge is -2.35. The molecule has 2 unspecified atom stereocenters. The van der Waals surface area contributed by atoms with Gasteiger partial charge in [-0.15, -0.1) is 11.3 Å². The Morgan fingerprint density at radius 1 is 1.50 bits per heavy atom. The summed E-state index contributed by atoms with van der Waals surface area (Å²) in [5.74, 6) is -0.932. The van der Waals surface area contributed by atoms with Crippen molar-refractivity contribution in [1.29, 1.82) is 0 Å². The van der Waals surface area contributed by atoms with Gasteiger partial charge in [0.15, 0.2) is 0 Å². The molecule has 1 heterocycles. The van der Waals surface area contributed by atoms with E-state index in [0.29, 0.717) is 0 Å². The minimum absolute atomic E-state index is 0.210. The van der Waals surface area contributed by atoms with Gasteiger partial charge in [-0.2, -0.15) is 0 Å². The number of hydrogen-bond acceptors (Lipinski definition) is 4. The molecule has 110 valence electrons. The van der Waals surface area contributed by atoms with Crippen LogP contribution in [0.25, 0.3) is 6.08 Å². The maximum absolute atomic E-state index is 10.6. The smallest absolute Gasteiger partial charge is 0.328 e. The number of aliphatic hydroxyl groups excluding tert-OH is 1. The van der Waals surface area contributed by atoms with Crippen LogP contribution < -0.4 is 0 Å². The van der Waals surface area contributed by atoms with Crippen LogP contribution in [0.1, 0.15) is 36.1 Å². The average Bonchev–Trinajstić information content (AvgIpc) is 2.84. The summed E-state index contributed by atoms with van der Waals surface area (Å²) >= 11 is 1.63. The third-order valence-electron chi connectivity index (χ3n) is 3.84. The summed E-state index contributed by atoms with van der Waals surface area (Å²) in [7, 11) is 2.03. The molecular weight excluding hydrogens is 274 g/mol. The van der Waals surface area contributed by atoms with E-state index in [1.807, 2.05) is 18.5 Å². The summed E-state index contributed by atoms with van der Waals surface area (Å²) in [4.78, 5) is 13.9. The molecule has 20 heavy (non-hydrogen) atoms. The van der Waals surface area contributed by atoms with Gasteiger partial charge >= 0.3 is 5.97 Å². The van der Waals surface area contributed by atoms with Crippen molar-refractivity contribution in [1.82, 2.24) is 4.90 Å². The predicted molar refractivity (Wildman–Crippen MR) is 80.7 cm³/mol. The molecule has 1 saturated carbocycles. The zero-order valence-corrected chi connectivity index (χ0v) is 12.5. The zero-order chi connectivity index (χ0) is 14.5. The number of hydrogen-bond donors (Lipinski definition) is 2. The fourth-order valence-electron chi connectivity index (χ4n) is 2.74. The average molecular weight is 295 g/mol. The maximum Gasteiger partial charge on any atom is 0.328 e. The fourth-order valence-corrected chi connectivity index (χ4v) is 3.67. The standard InChI is InChI=1S/C15H21NO3S/c1-16(12-4-2-3-5-13(12)17)10-14-11(8-9-20-14)6-7-15(18)19/h6-9,12-13,17H,2-5,10H2,1H3,(H,18,19)/b7-6+. The third-order valence-corrected chi connectivity index (χ3v) is 4.76. The van der Waals surface area contributed by atoms with Gasteiger partial charge in [0, 0.05) is 23.5 Å². The normalized spacial score (nSPS) is 23.6. The lowest BCUT2D eigenvalue weighted by molar-refractivity contribution is -0.131. The summed E-state index contributed by atoms with van der Waals surface area (Å²) < 4.78 is 0. The first-order valence-corrected chi connectivity index (χ1v) is 7.81. The van der Waals surface area contributed by atoms with Gasteiger partial charge in [0.05, 0.1) is 6.10 Å². The lowest BCUT2D eigenvalue weighted by atomic mass is 9.91. The van der Waals surface area contributed by atoms with Crippen LogP contribution in [0, 0.1) is 0 Å². The van der Waals surface area contributed by atoms with Crippen molar-refractivity contribution in [2.24, 2.45) is 0 Å². The van der Waals surface area contributed by atoms with Gasteiger partial charge in [-0.3, -0.25) is 4.90 Å². The monoisotopic (exact) mass is 295 g/mol. The summed E-state index contributed by atoms with van der Waals surface area (Å²) in [6.07, 6.45) is 6.75. The molecule has 0 aromatic carbocycles. The van der Waals surface area contributed by atoms with Crippen LogP contribution in [0.2, 0.25) is 0 Å². The van der Waals surface area contributed by atoms with E-state index in [4.69, 9.17) is 5.11 Å². The number of aliphatic carboxylic acids is 1. The summed E-state index contributed by atoms with van der Waals surface area (Å²) in [5.41, 5.74) is 0.953. The van der Waals surface area contributed by atoms with E-state index in [1.54, 1.807) is 17.4 Å². The van der Waals surface area contributed by atoms with Gasteiger partial charge in [-0.25, -0.2) is 4.79 Å². The quantitative estimate of drug-likeness (QED) is 0.820. The second-order valence-electron chi connectivity index (χ2n) is 5.30. The molecule has 2 N–H and O–H groups in total. The highest BCUT2D eigenvalue weighted by Crippen LogP contribution is 2.26. The van der Waals surface area contributed by atoms with E-state index in [1.165, 1.54) is 12.5 Å². The zero-order valence-electron chi connectivity index (χ0n) is 11.7. The molecule has 5 heteroatoms. The summed E-state index contributed by atoms with van der Waals surface area (Å²) in [5, 5.41) is 20.8. The van der Waals surface area contributed by atoms with Gasteiger partial charge in [0.25, 0.3) is 0 Å². The van der Waals surface area contributed by atoms with Crippen LogP contribution >= 0.6 is 11.3 Å². The van der Waals surface area contributed by atoms with Gasteiger partial charge in [0.2, 0.25) is 0 Å². The molecule has 0 amide bonds. The molecule has 1 aliphatic rings. The molecule has 0 bridgehead atoms. The summed E-state index contributed by atoms with van der Waals surface area (Å²) in [6.45, 7) is 0.749. The van der Waals surface area contributed by atoms with Crippen molar-refractivity contribution in [3.8, 4) is 0 Å². The highest BCUT2D eigenvalue weighted by atomic mass is 32.1. The first kappa shape index (κ1) is 15.2. The van der Waals surface area contributed by atoms with E-state index < -0.39 is 5.97 Å². The molecule has 1 aromatic heterocycles. The largest absolute Gasteiger partial charge is 0.478 e. The molecule has 1 aliphatic carbocycles. The molecule has 4 nitrogen and oxygen atoms in total. The Morgan fingerprint density at radius 3 is 2.95 bits per heavy atom. The fraction of sp³-hybridized carbons (Fsp3) is 0.533. The van der Waals surface area contributed by atoms with Crippen molar-refractivity contribution < 1.29 is 15.0 Å². The second kappa shape index (κ2) is 7.02. The van der Waals surface area contributed by atoms with Gasteiger partial charge in [-0.05, 0) is 43.0 Å². The second-order valence-corrected chi connectivity index (χ2v) is 6.31. The van der Waals surface area contributed by atoms with Gasteiger partial charge in [0.1, 0.15) is 0 Å². The Morgan fingerprint density at radius 2 is 2.25 bits per heavy atom. The topological polar surface area (TPSA) is 60.8 Å². The number of carbonyl (C=O) groups is 1. The Labute approximate surface area is 123 Å². The van der Waals surface area contributed by atoms with Crippen LogP contribution in [0.3, 0.4) is 0 Å². The SMILES string of the molecule is CN(Cc1sccc1/C=C/C(=O)O)C1CCCCC1O. The van der Waals surface area contributed by atoms with Crippen LogP contribution in [-0.2, 0) is 11.3 Å². The number of likely N-dealkylation sites (N-methyl/N-ethyl adjacent to an activating group) is 1. The van der Waals surface area contributed by atoms with Gasteiger partial charge < -0.3 is 10.2 Å². The van der Waals surface area contributed by atoms with Gasteiger partial charge in [-0.1, -0.05) is 12.8 Å². The summed E-state index contributed by atoms with van der Waals surface area (Å²) in [6, 6.07) is 2.15. The molecule has 2 atom stereocenters. The van der Waals surface area contributed by atoms with E-state index in [9.17, 15) is 9.90 Å². The first-order valence-electron chi connectivity index (χ1n) is 6.93. The third kappa shape index (κ3) is 3.91.